The molecule has 1 atom stereocenters. The number of alkyl halides is 3. The lowest BCUT2D eigenvalue weighted by molar-refractivity contribution is -0.140. The average molecular weight is 352 g/mol. The molecule has 4 nitrogen and oxygen atoms in total. The molecule has 124 valence electrons. The first-order chi connectivity index (χ1) is 10.3. The van der Waals surface area contributed by atoms with E-state index in [0.717, 1.165) is 29.7 Å². The van der Waals surface area contributed by atoms with E-state index in [0.29, 0.717) is 11.0 Å². The van der Waals surface area contributed by atoms with Crippen LogP contribution >= 0.6 is 23.1 Å². The van der Waals surface area contributed by atoms with Crippen LogP contribution in [0.2, 0.25) is 0 Å². The summed E-state index contributed by atoms with van der Waals surface area (Å²) in [6.45, 7) is 3.22. The fourth-order valence-electron chi connectivity index (χ4n) is 2.15. The second kappa shape index (κ2) is 7.08. The van der Waals surface area contributed by atoms with Crippen LogP contribution in [0, 0.1) is 0 Å². The van der Waals surface area contributed by atoms with Gasteiger partial charge >= 0.3 is 6.18 Å². The summed E-state index contributed by atoms with van der Waals surface area (Å²) in [7, 11) is 1.64. The van der Waals surface area contributed by atoms with Crippen LogP contribution in [0.3, 0.4) is 0 Å². The number of aromatic nitrogens is 1. The summed E-state index contributed by atoms with van der Waals surface area (Å²) in [5, 5.41) is 7.65. The van der Waals surface area contributed by atoms with Crippen molar-refractivity contribution in [2.24, 2.45) is 4.99 Å². The van der Waals surface area contributed by atoms with Gasteiger partial charge in [-0.15, -0.1) is 11.3 Å². The summed E-state index contributed by atoms with van der Waals surface area (Å²) in [6.07, 6.45) is -2.01. The van der Waals surface area contributed by atoms with E-state index in [1.165, 1.54) is 12.2 Å². The molecule has 1 saturated heterocycles. The number of halogens is 3. The summed E-state index contributed by atoms with van der Waals surface area (Å²) in [4.78, 5) is 7.67. The predicted molar refractivity (Wildman–Crippen MR) is 85.4 cm³/mol. The lowest BCUT2D eigenvalue weighted by Crippen LogP contribution is -2.43. The molecule has 1 aromatic heterocycles. The number of nitrogens with one attached hydrogen (secondary N) is 2. The highest BCUT2D eigenvalue weighted by Gasteiger charge is 2.33. The van der Waals surface area contributed by atoms with Gasteiger partial charge in [0.1, 0.15) is 5.01 Å². The molecule has 22 heavy (non-hydrogen) atoms. The van der Waals surface area contributed by atoms with Crippen LogP contribution in [-0.2, 0) is 12.7 Å². The van der Waals surface area contributed by atoms with E-state index < -0.39 is 11.9 Å². The molecule has 0 spiro atoms. The van der Waals surface area contributed by atoms with E-state index >= 15 is 0 Å². The second-order valence-electron chi connectivity index (χ2n) is 5.31. The van der Waals surface area contributed by atoms with E-state index in [1.54, 1.807) is 7.05 Å². The summed E-state index contributed by atoms with van der Waals surface area (Å²) in [5.41, 5.74) is -0.841. The Morgan fingerprint density at radius 3 is 2.77 bits per heavy atom. The quantitative estimate of drug-likeness (QED) is 0.646. The van der Waals surface area contributed by atoms with Gasteiger partial charge < -0.3 is 10.6 Å². The van der Waals surface area contributed by atoms with Crippen LogP contribution in [0.5, 0.6) is 0 Å². The minimum Gasteiger partial charge on any atom is -0.355 e. The maximum atomic E-state index is 12.5. The Morgan fingerprint density at radius 2 is 2.23 bits per heavy atom. The van der Waals surface area contributed by atoms with Crippen molar-refractivity contribution in [2.45, 2.75) is 37.2 Å². The minimum atomic E-state index is -4.39. The monoisotopic (exact) mass is 352 g/mol. The zero-order valence-electron chi connectivity index (χ0n) is 12.5. The molecule has 1 unspecified atom stereocenters. The molecule has 0 aromatic carbocycles. The molecule has 0 radical (unpaired) electrons. The number of rotatable bonds is 4. The van der Waals surface area contributed by atoms with Gasteiger partial charge in [0, 0.05) is 23.7 Å². The van der Waals surface area contributed by atoms with Crippen LogP contribution < -0.4 is 10.6 Å². The maximum absolute atomic E-state index is 12.5. The fourth-order valence-corrected chi connectivity index (χ4v) is 4.13. The van der Waals surface area contributed by atoms with Crippen molar-refractivity contribution >= 4 is 29.1 Å². The normalized spacial score (nSPS) is 22.9. The highest BCUT2D eigenvalue weighted by Crippen LogP contribution is 2.36. The highest BCUT2D eigenvalue weighted by atomic mass is 32.2. The number of hydrogen-bond donors (Lipinski definition) is 2. The van der Waals surface area contributed by atoms with Crippen molar-refractivity contribution < 1.29 is 13.2 Å². The first-order valence-electron chi connectivity index (χ1n) is 6.92. The largest absolute Gasteiger partial charge is 0.434 e. The lowest BCUT2D eigenvalue weighted by atomic mass is 10.1. The van der Waals surface area contributed by atoms with Crippen molar-refractivity contribution in [1.29, 1.82) is 0 Å². The van der Waals surface area contributed by atoms with E-state index in [4.69, 9.17) is 0 Å². The van der Waals surface area contributed by atoms with Crippen molar-refractivity contribution in [3.63, 3.8) is 0 Å². The van der Waals surface area contributed by atoms with Gasteiger partial charge in [-0.05, 0) is 25.5 Å². The third kappa shape index (κ3) is 4.77. The average Bonchev–Trinajstić information content (AvgIpc) is 3.08. The van der Waals surface area contributed by atoms with Gasteiger partial charge in [0.2, 0.25) is 0 Å². The van der Waals surface area contributed by atoms with Crippen LogP contribution in [0.25, 0.3) is 0 Å². The van der Waals surface area contributed by atoms with Gasteiger partial charge in [-0.3, -0.25) is 4.99 Å². The SMILES string of the molecule is CN=C(NCc1nc(C(F)(F)F)cs1)NCC1(C)CCCS1. The molecule has 2 heterocycles. The van der Waals surface area contributed by atoms with Gasteiger partial charge in [-0.1, -0.05) is 0 Å². The van der Waals surface area contributed by atoms with E-state index in [1.807, 2.05) is 11.8 Å². The number of thioether (sulfide) groups is 1. The first-order valence-corrected chi connectivity index (χ1v) is 8.79. The van der Waals surface area contributed by atoms with Crippen molar-refractivity contribution in [1.82, 2.24) is 15.6 Å². The fraction of sp³-hybridized carbons (Fsp3) is 0.692. The molecule has 0 saturated carbocycles. The molecule has 1 fully saturated rings. The lowest BCUT2D eigenvalue weighted by Gasteiger charge is -2.24. The van der Waals surface area contributed by atoms with E-state index in [9.17, 15) is 13.2 Å². The number of thiazole rings is 1. The van der Waals surface area contributed by atoms with Gasteiger partial charge in [0.05, 0.1) is 6.54 Å². The molecular weight excluding hydrogens is 333 g/mol. The van der Waals surface area contributed by atoms with Gasteiger partial charge in [-0.2, -0.15) is 24.9 Å². The summed E-state index contributed by atoms with van der Waals surface area (Å²) in [6, 6.07) is 0. The minimum absolute atomic E-state index is 0.197. The molecule has 0 amide bonds. The first kappa shape index (κ1) is 17.4. The van der Waals surface area contributed by atoms with Crippen LogP contribution in [0.1, 0.15) is 30.5 Å². The highest BCUT2D eigenvalue weighted by molar-refractivity contribution is 8.00. The third-order valence-corrected chi connectivity index (χ3v) is 5.79. The summed E-state index contributed by atoms with van der Waals surface area (Å²) >= 11 is 2.93. The molecule has 1 aromatic rings. The Labute approximate surface area is 136 Å². The smallest absolute Gasteiger partial charge is 0.355 e. The van der Waals surface area contributed by atoms with Gasteiger partial charge in [0.25, 0.3) is 0 Å². The van der Waals surface area contributed by atoms with Crippen molar-refractivity contribution in [3.8, 4) is 0 Å². The van der Waals surface area contributed by atoms with Gasteiger partial charge in [0.15, 0.2) is 11.7 Å². The van der Waals surface area contributed by atoms with Crippen LogP contribution in [-0.4, -0.2) is 35.0 Å². The van der Waals surface area contributed by atoms with Crippen LogP contribution in [0.4, 0.5) is 13.2 Å². The number of guanidine groups is 1. The molecule has 2 N–H and O–H groups in total. The predicted octanol–water partition coefficient (Wildman–Crippen LogP) is 3.11. The van der Waals surface area contributed by atoms with Gasteiger partial charge in [-0.25, -0.2) is 4.98 Å². The Bertz CT molecular complexity index is 522. The second-order valence-corrected chi connectivity index (χ2v) is 7.93. The van der Waals surface area contributed by atoms with Crippen molar-refractivity contribution in [2.75, 3.05) is 19.3 Å². The zero-order valence-corrected chi connectivity index (χ0v) is 14.1. The molecule has 9 heteroatoms. The molecule has 0 bridgehead atoms. The summed E-state index contributed by atoms with van der Waals surface area (Å²) in [5.74, 6) is 1.75. The maximum Gasteiger partial charge on any atom is 0.434 e. The molecule has 1 aliphatic heterocycles. The Morgan fingerprint density at radius 1 is 1.45 bits per heavy atom. The zero-order chi connectivity index (χ0) is 16.2. The standard InChI is InChI=1S/C13H19F3N4S2/c1-12(4-3-5-22-12)8-19-11(17-2)18-6-10-20-9(7-21-10)13(14,15)16/h7H,3-6,8H2,1-2H3,(H2,17,18,19). The number of nitrogens with zero attached hydrogens (tertiary/aromatic N) is 2. The Kier molecular flexibility index (Phi) is 5.60. The van der Waals surface area contributed by atoms with Crippen LogP contribution in [0.15, 0.2) is 10.4 Å². The molecule has 0 aliphatic carbocycles. The van der Waals surface area contributed by atoms with Crippen molar-refractivity contribution in [3.05, 3.63) is 16.1 Å². The van der Waals surface area contributed by atoms with E-state index in [2.05, 4.69) is 27.5 Å². The molecular formula is C13H19F3N4S2. The number of aliphatic imine (C=N–C) groups is 1. The summed E-state index contributed by atoms with van der Waals surface area (Å²) < 4.78 is 37.7. The molecule has 2 rings (SSSR count). The third-order valence-electron chi connectivity index (χ3n) is 3.40. The Balaban J connectivity index is 1.82. The Hall–Kier alpha value is -0.960. The molecule has 1 aliphatic rings. The number of hydrogen-bond acceptors (Lipinski definition) is 4. The van der Waals surface area contributed by atoms with E-state index in [-0.39, 0.29) is 11.3 Å². The topological polar surface area (TPSA) is 49.3 Å².